The lowest BCUT2D eigenvalue weighted by Crippen LogP contribution is -2.22. The number of aromatic carboxylic acids is 1. The van der Waals surface area contributed by atoms with Crippen LogP contribution >= 0.6 is 11.8 Å². The maximum Gasteiger partial charge on any atom is 0.257 e. The molecule has 0 N–H and O–H groups in total. The first-order valence-corrected chi connectivity index (χ1v) is 6.77. The van der Waals surface area contributed by atoms with Crippen molar-refractivity contribution in [3.8, 4) is 0 Å². The van der Waals surface area contributed by atoms with Crippen LogP contribution in [0.5, 0.6) is 0 Å². The van der Waals surface area contributed by atoms with E-state index in [0.717, 1.165) is 22.9 Å². The first kappa shape index (κ1) is 12.7. The zero-order valence-electron chi connectivity index (χ0n) is 10.5. The first-order chi connectivity index (χ1) is 9.63. The molecule has 3 aromatic rings. The Labute approximate surface area is 117 Å². The molecule has 0 amide bonds. The summed E-state index contributed by atoms with van der Waals surface area (Å²) in [5, 5.41) is 11.1. The number of fused-ring (bicyclic) bond motifs is 1. The quantitative estimate of drug-likeness (QED) is 0.676. The highest BCUT2D eigenvalue weighted by Gasteiger charge is 2.11. The van der Waals surface area contributed by atoms with E-state index in [0.29, 0.717) is 11.0 Å². The number of carbonyl (C=O) groups is 1. The number of aromatic nitrogens is 2. The third kappa shape index (κ3) is 2.39. The molecule has 0 aliphatic rings. The van der Waals surface area contributed by atoms with Crippen LogP contribution in [-0.2, 0) is 5.75 Å². The van der Waals surface area contributed by atoms with Crippen LogP contribution in [0.2, 0.25) is 0 Å². The van der Waals surface area contributed by atoms with E-state index in [1.54, 1.807) is 0 Å². The van der Waals surface area contributed by atoms with Gasteiger partial charge in [-0.05, 0) is 18.6 Å². The molecule has 1 aromatic carbocycles. The van der Waals surface area contributed by atoms with Gasteiger partial charge in [0, 0.05) is 0 Å². The highest BCUT2D eigenvalue weighted by molar-refractivity contribution is 7.98. The van der Waals surface area contributed by atoms with Gasteiger partial charge in [0.15, 0.2) is 5.58 Å². The molecule has 0 spiro atoms. The second-order valence-corrected chi connectivity index (χ2v) is 5.03. The number of benzene rings is 1. The Bertz CT molecular complexity index is 778. The van der Waals surface area contributed by atoms with Crippen LogP contribution in [0.15, 0.2) is 38.5 Å². The van der Waals surface area contributed by atoms with Gasteiger partial charge in [-0.1, -0.05) is 23.9 Å². The van der Waals surface area contributed by atoms with Crippen molar-refractivity contribution in [1.82, 2.24) is 9.97 Å². The van der Waals surface area contributed by atoms with E-state index >= 15 is 0 Å². The van der Waals surface area contributed by atoms with Crippen molar-refractivity contribution in [2.75, 3.05) is 0 Å². The number of aryl methyl sites for hydroxylation is 1. The van der Waals surface area contributed by atoms with Crippen LogP contribution in [0.1, 0.15) is 21.9 Å². The van der Waals surface area contributed by atoms with Gasteiger partial charge in [-0.3, -0.25) is 0 Å². The molecular weight excluding hydrogens is 280 g/mol. The van der Waals surface area contributed by atoms with Crippen LogP contribution in [0.25, 0.3) is 11.1 Å². The van der Waals surface area contributed by atoms with E-state index in [-0.39, 0.29) is 11.6 Å². The highest BCUT2D eigenvalue weighted by Crippen LogP contribution is 2.27. The number of hydrogen-bond donors (Lipinski definition) is 0. The summed E-state index contributed by atoms with van der Waals surface area (Å²) in [5.41, 5.74) is 2.36. The minimum atomic E-state index is -1.36. The normalized spacial score (nSPS) is 11.1. The van der Waals surface area contributed by atoms with Crippen LogP contribution in [0.4, 0.5) is 0 Å². The summed E-state index contributed by atoms with van der Waals surface area (Å²) >= 11 is 1.29. The number of hydrogen-bond acceptors (Lipinski definition) is 7. The third-order valence-electron chi connectivity index (χ3n) is 2.68. The SMILES string of the molecule is Cc1cccc2oc(SCc3nc(C(=O)[O-])co3)nc12. The molecule has 2 heterocycles. The highest BCUT2D eigenvalue weighted by atomic mass is 32.2. The minimum absolute atomic E-state index is 0.214. The van der Waals surface area contributed by atoms with Crippen molar-refractivity contribution in [2.45, 2.75) is 17.9 Å². The number of carboxylic acid groups (broad SMARTS) is 1. The lowest BCUT2D eigenvalue weighted by molar-refractivity contribution is -0.255. The molecule has 0 aliphatic heterocycles. The number of carbonyl (C=O) groups excluding carboxylic acids is 1. The molecule has 0 saturated heterocycles. The summed E-state index contributed by atoms with van der Waals surface area (Å²) in [7, 11) is 0. The molecule has 0 atom stereocenters. The van der Waals surface area contributed by atoms with Gasteiger partial charge in [0.25, 0.3) is 5.22 Å². The summed E-state index contributed by atoms with van der Waals surface area (Å²) in [6.45, 7) is 1.96. The second-order valence-electron chi connectivity index (χ2n) is 4.10. The molecule has 0 aliphatic carbocycles. The molecular formula is C13H9N2O4S-. The van der Waals surface area contributed by atoms with Gasteiger partial charge in [-0.25, -0.2) is 9.97 Å². The van der Waals surface area contributed by atoms with Crippen molar-refractivity contribution in [3.63, 3.8) is 0 Å². The van der Waals surface area contributed by atoms with Crippen molar-refractivity contribution in [1.29, 1.82) is 0 Å². The topological polar surface area (TPSA) is 92.2 Å². The summed E-state index contributed by atoms with van der Waals surface area (Å²) in [6.07, 6.45) is 1.06. The molecule has 102 valence electrons. The number of carboxylic acids is 1. The molecule has 0 unspecified atom stereocenters. The van der Waals surface area contributed by atoms with Gasteiger partial charge in [0.1, 0.15) is 17.5 Å². The standard InChI is InChI=1S/C13H10N2O4S/c1-7-3-2-4-9-11(7)15-13(19-9)20-6-10-14-8(5-18-10)12(16)17/h2-5H,6H2,1H3,(H,16,17)/p-1. The summed E-state index contributed by atoms with van der Waals surface area (Å²) in [4.78, 5) is 18.7. The predicted octanol–water partition coefficient (Wildman–Crippen LogP) is 1.78. The molecule has 3 rings (SSSR count). The number of oxazole rings is 2. The number of rotatable bonds is 4. The molecule has 0 radical (unpaired) electrons. The molecule has 0 bridgehead atoms. The monoisotopic (exact) mass is 289 g/mol. The summed E-state index contributed by atoms with van der Waals surface area (Å²) in [6, 6.07) is 5.70. The molecule has 0 fully saturated rings. The van der Waals surface area contributed by atoms with Gasteiger partial charge in [-0.2, -0.15) is 0 Å². The molecule has 6 nitrogen and oxygen atoms in total. The number of thioether (sulfide) groups is 1. The Hall–Kier alpha value is -2.28. The molecule has 2 aromatic heterocycles. The average Bonchev–Trinajstić information content (AvgIpc) is 3.03. The van der Waals surface area contributed by atoms with Crippen molar-refractivity contribution < 1.29 is 18.7 Å². The minimum Gasteiger partial charge on any atom is -0.543 e. The van der Waals surface area contributed by atoms with Gasteiger partial charge < -0.3 is 18.7 Å². The van der Waals surface area contributed by atoms with Crippen LogP contribution in [0, 0.1) is 6.92 Å². The summed E-state index contributed by atoms with van der Waals surface area (Å²) < 4.78 is 10.6. The van der Waals surface area contributed by atoms with Crippen molar-refractivity contribution in [3.05, 3.63) is 41.6 Å². The average molecular weight is 289 g/mol. The molecule has 0 saturated carbocycles. The zero-order chi connectivity index (χ0) is 14.1. The Morgan fingerprint density at radius 2 is 2.25 bits per heavy atom. The smallest absolute Gasteiger partial charge is 0.257 e. The fraction of sp³-hybridized carbons (Fsp3) is 0.154. The van der Waals surface area contributed by atoms with Gasteiger partial charge in [0.05, 0.1) is 11.7 Å². The Morgan fingerprint density at radius 1 is 1.40 bits per heavy atom. The maximum absolute atomic E-state index is 10.6. The second kappa shape index (κ2) is 5.01. The van der Waals surface area contributed by atoms with Crippen molar-refractivity contribution in [2.24, 2.45) is 0 Å². The van der Waals surface area contributed by atoms with Gasteiger partial charge in [-0.15, -0.1) is 0 Å². The lowest BCUT2D eigenvalue weighted by Gasteiger charge is -1.92. The summed E-state index contributed by atoms with van der Waals surface area (Å²) in [5.74, 6) is -0.741. The van der Waals surface area contributed by atoms with Crippen LogP contribution in [-0.4, -0.2) is 15.9 Å². The van der Waals surface area contributed by atoms with E-state index < -0.39 is 5.97 Å². The van der Waals surface area contributed by atoms with E-state index in [9.17, 15) is 9.90 Å². The van der Waals surface area contributed by atoms with Gasteiger partial charge >= 0.3 is 0 Å². The maximum atomic E-state index is 10.6. The van der Waals surface area contributed by atoms with Crippen LogP contribution in [0.3, 0.4) is 0 Å². The molecule has 20 heavy (non-hydrogen) atoms. The largest absolute Gasteiger partial charge is 0.543 e. The van der Waals surface area contributed by atoms with E-state index in [2.05, 4.69) is 9.97 Å². The van der Waals surface area contributed by atoms with Gasteiger partial charge in [0.2, 0.25) is 5.89 Å². The Balaban J connectivity index is 1.76. The lowest BCUT2D eigenvalue weighted by atomic mass is 10.2. The Kier molecular flexibility index (Phi) is 3.19. The number of nitrogens with zero attached hydrogens (tertiary/aromatic N) is 2. The fourth-order valence-electron chi connectivity index (χ4n) is 1.72. The van der Waals surface area contributed by atoms with Crippen LogP contribution < -0.4 is 5.11 Å². The van der Waals surface area contributed by atoms with E-state index in [4.69, 9.17) is 8.83 Å². The van der Waals surface area contributed by atoms with E-state index in [1.807, 2.05) is 25.1 Å². The zero-order valence-corrected chi connectivity index (χ0v) is 11.3. The molecule has 7 heteroatoms. The van der Waals surface area contributed by atoms with Crippen molar-refractivity contribution >= 4 is 28.8 Å². The van der Waals surface area contributed by atoms with E-state index in [1.165, 1.54) is 11.8 Å². The third-order valence-corrected chi connectivity index (χ3v) is 3.49. The first-order valence-electron chi connectivity index (χ1n) is 5.78. The Morgan fingerprint density at radius 3 is 2.95 bits per heavy atom. The fourth-order valence-corrected chi connectivity index (χ4v) is 2.41. The number of para-hydroxylation sites is 1. The predicted molar refractivity (Wildman–Crippen MR) is 69.1 cm³/mol.